The zero-order valence-electron chi connectivity index (χ0n) is 18.9. The van der Waals surface area contributed by atoms with Gasteiger partial charge in [-0.1, -0.05) is 62.8 Å². The van der Waals surface area contributed by atoms with E-state index in [2.05, 4.69) is 34.9 Å². The van der Waals surface area contributed by atoms with Crippen molar-refractivity contribution in [1.82, 2.24) is 10.6 Å². The Morgan fingerprint density at radius 2 is 0.833 bits per heavy atom. The minimum absolute atomic E-state index is 0.920. The first kappa shape index (κ1) is 24.2. The molecule has 0 unspecified atom stereocenters. The second-order valence-electron chi connectivity index (χ2n) is 7.88. The van der Waals surface area contributed by atoms with E-state index in [1.165, 1.54) is 62.5 Å². The summed E-state index contributed by atoms with van der Waals surface area (Å²) in [5.74, 6) is 1.84. The summed E-state index contributed by atoms with van der Waals surface area (Å²) in [4.78, 5) is 0. The van der Waals surface area contributed by atoms with Crippen LogP contribution < -0.4 is 20.1 Å². The molecule has 0 atom stereocenters. The number of hydrogen-bond donors (Lipinski definition) is 2. The SMILES string of the molecule is COc1ccc(CNCCCCCCCCCCNCc2ccc(OC)cc2)cc1. The normalized spacial score (nSPS) is 10.9. The predicted octanol–water partition coefficient (Wildman–Crippen LogP) is 5.70. The van der Waals surface area contributed by atoms with Gasteiger partial charge < -0.3 is 20.1 Å². The minimum Gasteiger partial charge on any atom is -0.497 e. The fourth-order valence-corrected chi connectivity index (χ4v) is 3.51. The lowest BCUT2D eigenvalue weighted by molar-refractivity contribution is 0.414. The number of methoxy groups -OCH3 is 2. The van der Waals surface area contributed by atoms with Gasteiger partial charge in [0, 0.05) is 13.1 Å². The van der Waals surface area contributed by atoms with Crippen LogP contribution in [0.1, 0.15) is 62.5 Å². The van der Waals surface area contributed by atoms with Gasteiger partial charge in [0.2, 0.25) is 0 Å². The third-order valence-corrected chi connectivity index (χ3v) is 5.43. The molecule has 2 aromatic rings. The van der Waals surface area contributed by atoms with Crippen LogP contribution in [-0.4, -0.2) is 27.3 Å². The Bertz CT molecular complexity index is 596. The van der Waals surface area contributed by atoms with Crippen molar-refractivity contribution in [3.8, 4) is 11.5 Å². The summed E-state index contributed by atoms with van der Waals surface area (Å²) < 4.78 is 10.4. The minimum atomic E-state index is 0.920. The molecule has 0 fully saturated rings. The summed E-state index contributed by atoms with van der Waals surface area (Å²) in [6, 6.07) is 16.6. The first-order chi connectivity index (χ1) is 14.8. The Morgan fingerprint density at radius 3 is 1.17 bits per heavy atom. The van der Waals surface area contributed by atoms with E-state index in [1.54, 1.807) is 14.2 Å². The lowest BCUT2D eigenvalue weighted by Crippen LogP contribution is -2.14. The van der Waals surface area contributed by atoms with Crippen molar-refractivity contribution in [3.05, 3.63) is 59.7 Å². The van der Waals surface area contributed by atoms with Crippen molar-refractivity contribution in [2.75, 3.05) is 27.3 Å². The number of rotatable bonds is 17. The summed E-state index contributed by atoms with van der Waals surface area (Å²) in [6.45, 7) is 4.09. The first-order valence-corrected chi connectivity index (χ1v) is 11.5. The molecule has 4 nitrogen and oxygen atoms in total. The Balaban J connectivity index is 1.32. The first-order valence-electron chi connectivity index (χ1n) is 11.5. The molecule has 0 radical (unpaired) electrons. The summed E-state index contributed by atoms with van der Waals surface area (Å²) in [7, 11) is 3.41. The van der Waals surface area contributed by atoms with Crippen molar-refractivity contribution in [2.45, 2.75) is 64.5 Å². The van der Waals surface area contributed by atoms with Crippen LogP contribution in [0.3, 0.4) is 0 Å². The number of hydrogen-bond acceptors (Lipinski definition) is 4. The molecule has 0 aromatic heterocycles. The van der Waals surface area contributed by atoms with Gasteiger partial charge in [-0.25, -0.2) is 0 Å². The Labute approximate surface area is 183 Å². The van der Waals surface area contributed by atoms with E-state index in [0.717, 1.165) is 37.7 Å². The smallest absolute Gasteiger partial charge is 0.118 e. The summed E-state index contributed by atoms with van der Waals surface area (Å²) >= 11 is 0. The van der Waals surface area contributed by atoms with E-state index in [9.17, 15) is 0 Å². The van der Waals surface area contributed by atoms with Crippen LogP contribution in [0, 0.1) is 0 Å². The van der Waals surface area contributed by atoms with Crippen molar-refractivity contribution in [2.24, 2.45) is 0 Å². The van der Waals surface area contributed by atoms with Crippen molar-refractivity contribution in [1.29, 1.82) is 0 Å². The summed E-state index contributed by atoms with van der Waals surface area (Å²) in [5, 5.41) is 7.07. The van der Waals surface area contributed by atoms with E-state index < -0.39 is 0 Å². The molecule has 2 rings (SSSR count). The van der Waals surface area contributed by atoms with E-state index in [4.69, 9.17) is 9.47 Å². The van der Waals surface area contributed by atoms with Crippen LogP contribution >= 0.6 is 0 Å². The molecule has 0 bridgehead atoms. The van der Waals surface area contributed by atoms with Crippen molar-refractivity contribution in [3.63, 3.8) is 0 Å². The predicted molar refractivity (Wildman–Crippen MR) is 126 cm³/mol. The van der Waals surface area contributed by atoms with Gasteiger partial charge in [-0.15, -0.1) is 0 Å². The van der Waals surface area contributed by atoms with Crippen LogP contribution in [0.15, 0.2) is 48.5 Å². The van der Waals surface area contributed by atoms with Gasteiger partial charge in [0.15, 0.2) is 0 Å². The molecule has 4 heteroatoms. The molecule has 0 spiro atoms. The highest BCUT2D eigenvalue weighted by Gasteiger charge is 1.97. The highest BCUT2D eigenvalue weighted by molar-refractivity contribution is 5.27. The lowest BCUT2D eigenvalue weighted by Gasteiger charge is -2.07. The molecule has 2 N–H and O–H groups in total. The van der Waals surface area contributed by atoms with E-state index in [1.807, 2.05) is 24.3 Å². The van der Waals surface area contributed by atoms with Gasteiger partial charge >= 0.3 is 0 Å². The third kappa shape index (κ3) is 10.7. The van der Waals surface area contributed by atoms with Gasteiger partial charge in [-0.2, -0.15) is 0 Å². The molecule has 0 aliphatic carbocycles. The third-order valence-electron chi connectivity index (χ3n) is 5.43. The lowest BCUT2D eigenvalue weighted by atomic mass is 10.1. The fourth-order valence-electron chi connectivity index (χ4n) is 3.51. The van der Waals surface area contributed by atoms with Crippen molar-refractivity contribution < 1.29 is 9.47 Å². The topological polar surface area (TPSA) is 42.5 Å². The molecule has 30 heavy (non-hydrogen) atoms. The summed E-state index contributed by atoms with van der Waals surface area (Å²) in [6.07, 6.45) is 10.7. The molecule has 166 valence electrons. The van der Waals surface area contributed by atoms with Gasteiger partial charge in [-0.3, -0.25) is 0 Å². The van der Waals surface area contributed by atoms with Gasteiger partial charge in [0.25, 0.3) is 0 Å². The highest BCUT2D eigenvalue weighted by atomic mass is 16.5. The Hall–Kier alpha value is -2.04. The summed E-state index contributed by atoms with van der Waals surface area (Å²) in [5.41, 5.74) is 2.63. The van der Waals surface area contributed by atoms with Gasteiger partial charge in [0.1, 0.15) is 11.5 Å². The fraction of sp³-hybridized carbons (Fsp3) is 0.538. The zero-order valence-corrected chi connectivity index (χ0v) is 18.9. The second-order valence-corrected chi connectivity index (χ2v) is 7.88. The number of benzene rings is 2. The molecular formula is C26H40N2O2. The largest absolute Gasteiger partial charge is 0.497 e. The molecule has 0 saturated heterocycles. The van der Waals surface area contributed by atoms with Crippen LogP contribution in [0.2, 0.25) is 0 Å². The molecular weight excluding hydrogens is 372 g/mol. The van der Waals surface area contributed by atoms with E-state index in [0.29, 0.717) is 0 Å². The molecule has 0 saturated carbocycles. The Morgan fingerprint density at radius 1 is 0.500 bits per heavy atom. The number of ether oxygens (including phenoxy) is 2. The monoisotopic (exact) mass is 412 g/mol. The van der Waals surface area contributed by atoms with E-state index in [-0.39, 0.29) is 0 Å². The molecule has 2 aromatic carbocycles. The van der Waals surface area contributed by atoms with Crippen LogP contribution in [0.5, 0.6) is 11.5 Å². The highest BCUT2D eigenvalue weighted by Crippen LogP contribution is 2.12. The van der Waals surface area contributed by atoms with Crippen molar-refractivity contribution >= 4 is 0 Å². The quantitative estimate of drug-likeness (QED) is 0.327. The molecule has 0 aliphatic heterocycles. The van der Waals surface area contributed by atoms with Gasteiger partial charge in [-0.05, 0) is 61.3 Å². The molecule has 0 aliphatic rings. The van der Waals surface area contributed by atoms with Crippen LogP contribution in [0.25, 0.3) is 0 Å². The Kier molecular flexibility index (Phi) is 12.7. The standard InChI is InChI=1S/C26H40N2O2/c1-29-25-15-11-23(12-16-25)21-27-19-9-7-5-3-4-6-8-10-20-28-22-24-13-17-26(30-2)18-14-24/h11-18,27-28H,3-10,19-22H2,1-2H3. The maximum atomic E-state index is 5.19. The number of nitrogens with one attached hydrogen (secondary N) is 2. The van der Waals surface area contributed by atoms with Gasteiger partial charge in [0.05, 0.1) is 14.2 Å². The maximum absolute atomic E-state index is 5.19. The molecule has 0 amide bonds. The second kappa shape index (κ2) is 15.8. The molecule has 0 heterocycles. The van der Waals surface area contributed by atoms with Crippen LogP contribution in [-0.2, 0) is 13.1 Å². The van der Waals surface area contributed by atoms with Crippen LogP contribution in [0.4, 0.5) is 0 Å². The average molecular weight is 413 g/mol. The zero-order chi connectivity index (χ0) is 21.3. The maximum Gasteiger partial charge on any atom is 0.118 e. The van der Waals surface area contributed by atoms with E-state index >= 15 is 0 Å². The number of unbranched alkanes of at least 4 members (excludes halogenated alkanes) is 7. The average Bonchev–Trinajstić information content (AvgIpc) is 2.80.